The molecule has 2 aromatic carbocycles. The van der Waals surface area contributed by atoms with Gasteiger partial charge in [-0.1, -0.05) is 61.5 Å². The van der Waals surface area contributed by atoms with Gasteiger partial charge in [0, 0.05) is 11.9 Å². The molecule has 0 bridgehead atoms. The van der Waals surface area contributed by atoms with Crippen LogP contribution in [0.2, 0.25) is 0 Å². The Kier molecular flexibility index (Phi) is 20.8. The summed E-state index contributed by atoms with van der Waals surface area (Å²) in [6, 6.07) is 17.2. The van der Waals surface area contributed by atoms with E-state index in [0.29, 0.717) is 5.69 Å². The number of nitrogens with two attached hydrogens (primary N) is 1. The summed E-state index contributed by atoms with van der Waals surface area (Å²) < 4.78 is 0. The van der Waals surface area contributed by atoms with Gasteiger partial charge in [0.15, 0.2) is 0 Å². The largest absolute Gasteiger partial charge is 0.383 e. The van der Waals surface area contributed by atoms with E-state index in [2.05, 4.69) is 60.9 Å². The van der Waals surface area contributed by atoms with E-state index in [1.165, 1.54) is 57.4 Å². The number of rotatable bonds is 10. The van der Waals surface area contributed by atoms with Crippen LogP contribution in [0, 0.1) is 12.8 Å². The topological polar surface area (TPSA) is 91.0 Å². The fraction of sp³-hybridized carbons (Fsp3) is 0.400. The van der Waals surface area contributed by atoms with Crippen molar-refractivity contribution >= 4 is 29.8 Å². The second-order valence-electron chi connectivity index (χ2n) is 10.4. The molecule has 230 valence electrons. The van der Waals surface area contributed by atoms with Crippen LogP contribution in [-0.2, 0) is 9.59 Å². The molecule has 1 aliphatic heterocycles. The average Bonchev–Trinajstić information content (AvgIpc) is 3.02. The van der Waals surface area contributed by atoms with E-state index in [4.69, 9.17) is 10.5 Å². The molecule has 0 saturated carbocycles. The predicted molar refractivity (Wildman–Crippen MR) is 182 cm³/mol. The fourth-order valence-corrected chi connectivity index (χ4v) is 4.24. The van der Waals surface area contributed by atoms with Crippen LogP contribution in [0.25, 0.3) is 5.57 Å². The zero-order valence-corrected chi connectivity index (χ0v) is 26.6. The van der Waals surface area contributed by atoms with Gasteiger partial charge < -0.3 is 25.6 Å². The zero-order chi connectivity index (χ0) is 31.9. The van der Waals surface area contributed by atoms with Crippen molar-refractivity contribution in [1.29, 1.82) is 0 Å². The summed E-state index contributed by atoms with van der Waals surface area (Å²) in [4.78, 5) is 29.2. The highest BCUT2D eigenvalue weighted by atomic mass is 16.1. The first-order chi connectivity index (χ1) is 20.2. The number of hydrogen-bond donors (Lipinski definition) is 2. The number of benzene rings is 2. The Hall–Kier alpha value is -3.81. The van der Waals surface area contributed by atoms with Gasteiger partial charge in [-0.3, -0.25) is 4.79 Å². The van der Waals surface area contributed by atoms with Crippen LogP contribution in [0.4, 0.5) is 5.69 Å². The zero-order valence-electron chi connectivity index (χ0n) is 26.6. The number of aliphatic imine (C=N–C) groups is 1. The summed E-state index contributed by atoms with van der Waals surface area (Å²) in [5.74, 6) is 0.712. The Labute approximate surface area is 254 Å². The normalized spacial score (nSPS) is 13.9. The number of para-hydroxylation sites is 1. The average molecular weight is 576 g/mol. The molecule has 1 fully saturated rings. The van der Waals surface area contributed by atoms with Crippen molar-refractivity contribution in [3.63, 3.8) is 0 Å². The fourth-order valence-electron chi connectivity index (χ4n) is 4.24. The number of aryl methyl sites for hydroxylation is 1. The van der Waals surface area contributed by atoms with E-state index >= 15 is 0 Å². The molecule has 0 unspecified atom stereocenters. The number of allylic oxidation sites excluding steroid dienone is 1. The molecule has 3 rings (SSSR count). The third-order valence-corrected chi connectivity index (χ3v) is 6.75. The van der Waals surface area contributed by atoms with Crippen molar-refractivity contribution in [2.24, 2.45) is 16.6 Å². The van der Waals surface area contributed by atoms with Gasteiger partial charge in [0.25, 0.3) is 5.91 Å². The molecule has 0 aromatic heterocycles. The second-order valence-corrected chi connectivity index (χ2v) is 10.4. The van der Waals surface area contributed by atoms with Crippen molar-refractivity contribution in [3.05, 3.63) is 97.2 Å². The number of carbonyl (C=O) groups excluding carboxylic acids is 2. The smallest absolute Gasteiger partial charge is 0.258 e. The first kappa shape index (κ1) is 38.2. The van der Waals surface area contributed by atoms with Crippen LogP contribution in [0.3, 0.4) is 0 Å². The Bertz CT molecular complexity index is 1080. The SMILES string of the molecule is C=C.C=C(C(=O)Nc1ccccc1)C(N)=N/C=C(\C)c1ccc(C)cc1.C=O.CCCN1CCC(CCN(C)C)CC1. The van der Waals surface area contributed by atoms with Crippen LogP contribution in [-0.4, -0.2) is 68.6 Å². The minimum atomic E-state index is -0.371. The summed E-state index contributed by atoms with van der Waals surface area (Å²) in [5.41, 5.74) is 9.88. The molecule has 1 heterocycles. The monoisotopic (exact) mass is 575 g/mol. The quantitative estimate of drug-likeness (QED) is 0.144. The highest BCUT2D eigenvalue weighted by molar-refractivity contribution is 6.23. The van der Waals surface area contributed by atoms with Gasteiger partial charge in [-0.15, -0.1) is 13.2 Å². The molecule has 1 amide bonds. The Balaban J connectivity index is 0.000000795. The summed E-state index contributed by atoms with van der Waals surface area (Å²) in [6.07, 6.45) is 7.19. The van der Waals surface area contributed by atoms with Crippen LogP contribution < -0.4 is 11.1 Å². The molecule has 0 aliphatic carbocycles. The number of anilines is 1. The molecule has 0 radical (unpaired) electrons. The molecule has 7 heteroatoms. The maximum Gasteiger partial charge on any atom is 0.258 e. The number of nitrogens with one attached hydrogen (secondary N) is 1. The summed E-state index contributed by atoms with van der Waals surface area (Å²) in [7, 11) is 4.35. The van der Waals surface area contributed by atoms with E-state index in [-0.39, 0.29) is 17.3 Å². The van der Waals surface area contributed by atoms with Crippen LogP contribution in [0.15, 0.2) is 91.1 Å². The van der Waals surface area contributed by atoms with Gasteiger partial charge in [-0.05, 0) is 109 Å². The van der Waals surface area contributed by atoms with Crippen molar-refractivity contribution in [1.82, 2.24) is 9.80 Å². The second kappa shape index (κ2) is 22.8. The van der Waals surface area contributed by atoms with Crippen molar-refractivity contribution in [2.75, 3.05) is 45.6 Å². The van der Waals surface area contributed by atoms with Gasteiger partial charge in [-0.25, -0.2) is 4.99 Å². The number of carbonyl (C=O) groups is 2. The minimum absolute atomic E-state index is 0.0925. The van der Waals surface area contributed by atoms with Crippen LogP contribution in [0.1, 0.15) is 50.7 Å². The lowest BCUT2D eigenvalue weighted by molar-refractivity contribution is -0.112. The van der Waals surface area contributed by atoms with E-state index in [1.54, 1.807) is 18.3 Å². The maximum atomic E-state index is 12.1. The molecule has 3 N–H and O–H groups in total. The number of amides is 1. The predicted octanol–water partition coefficient (Wildman–Crippen LogP) is 6.59. The molecule has 1 aliphatic rings. The van der Waals surface area contributed by atoms with E-state index in [1.807, 2.05) is 63.1 Å². The number of likely N-dealkylation sites (tertiary alicyclic amines) is 1. The molecule has 42 heavy (non-hydrogen) atoms. The lowest BCUT2D eigenvalue weighted by Gasteiger charge is -2.32. The molecule has 2 aromatic rings. The van der Waals surface area contributed by atoms with Gasteiger partial charge in [0.2, 0.25) is 0 Å². The van der Waals surface area contributed by atoms with Gasteiger partial charge in [0.1, 0.15) is 12.6 Å². The number of hydrogen-bond acceptors (Lipinski definition) is 5. The van der Waals surface area contributed by atoms with Gasteiger partial charge in [-0.2, -0.15) is 0 Å². The maximum absolute atomic E-state index is 12.1. The Morgan fingerprint density at radius 3 is 2.17 bits per heavy atom. The van der Waals surface area contributed by atoms with Crippen molar-refractivity contribution in [2.45, 2.75) is 46.5 Å². The number of amidine groups is 1. The molecular weight excluding hydrogens is 522 g/mol. The first-order valence-corrected chi connectivity index (χ1v) is 14.5. The number of nitrogens with zero attached hydrogens (tertiary/aromatic N) is 3. The third kappa shape index (κ3) is 15.8. The molecule has 1 saturated heterocycles. The highest BCUT2D eigenvalue weighted by Gasteiger charge is 2.18. The van der Waals surface area contributed by atoms with E-state index in [0.717, 1.165) is 17.1 Å². The minimum Gasteiger partial charge on any atom is -0.383 e. The van der Waals surface area contributed by atoms with E-state index in [9.17, 15) is 4.79 Å². The van der Waals surface area contributed by atoms with Gasteiger partial charge in [0.05, 0.1) is 5.57 Å². The lowest BCUT2D eigenvalue weighted by atomic mass is 9.93. The summed E-state index contributed by atoms with van der Waals surface area (Å²) >= 11 is 0. The summed E-state index contributed by atoms with van der Waals surface area (Å²) in [5, 5.41) is 2.73. The lowest BCUT2D eigenvalue weighted by Crippen LogP contribution is -2.35. The third-order valence-electron chi connectivity index (χ3n) is 6.75. The first-order valence-electron chi connectivity index (χ1n) is 14.5. The van der Waals surface area contributed by atoms with E-state index < -0.39 is 0 Å². The molecule has 0 spiro atoms. The Morgan fingerprint density at radius 2 is 1.64 bits per heavy atom. The van der Waals surface area contributed by atoms with Crippen molar-refractivity contribution < 1.29 is 9.59 Å². The molecular formula is C35H53N5O2. The summed E-state index contributed by atoms with van der Waals surface area (Å²) in [6.45, 7) is 23.2. The highest BCUT2D eigenvalue weighted by Crippen LogP contribution is 2.20. The molecule has 0 atom stereocenters. The van der Waals surface area contributed by atoms with Crippen LogP contribution in [0.5, 0.6) is 0 Å². The number of piperidine rings is 1. The van der Waals surface area contributed by atoms with Gasteiger partial charge >= 0.3 is 0 Å². The molecule has 7 nitrogen and oxygen atoms in total. The standard InChI is InChI=1S/C20H21N3O.C12H26N2.C2H4.CH2O/c1-14-9-11-17(12-10-14)15(2)13-22-19(21)16(3)20(24)23-18-7-5-4-6-8-18;1-4-8-14-10-6-12(7-11-14)5-9-13(2)3;2*1-2/h4-13H,3H2,1-2H3,(H2,21,22)(H,23,24);12H,4-11H2,1-3H3;1-2H2;1H2/b15-13+;;;. The van der Waals surface area contributed by atoms with Crippen LogP contribution >= 0.6 is 0 Å². The van der Waals surface area contributed by atoms with Crippen molar-refractivity contribution in [3.8, 4) is 0 Å². The Morgan fingerprint density at radius 1 is 1.07 bits per heavy atom.